The summed E-state index contributed by atoms with van der Waals surface area (Å²) in [5, 5.41) is 16.7. The number of nitrogens with one attached hydrogen (secondary N) is 2. The number of carbonyl (C=O) groups excluding carboxylic acids is 2. The fourth-order valence-corrected chi connectivity index (χ4v) is 4.27. The van der Waals surface area contributed by atoms with Crippen LogP contribution in [0.1, 0.15) is 23.7 Å². The van der Waals surface area contributed by atoms with E-state index in [1.807, 2.05) is 13.0 Å². The molecule has 0 saturated carbocycles. The molecule has 0 aliphatic carbocycles. The maximum atomic E-state index is 12.8. The van der Waals surface area contributed by atoms with Gasteiger partial charge in [0.05, 0.1) is 25.9 Å². The van der Waals surface area contributed by atoms with E-state index in [4.69, 9.17) is 23.2 Å². The first-order chi connectivity index (χ1) is 15.8. The molecular formula is C23H19Cl2N3O4S. The predicted molar refractivity (Wildman–Crippen MR) is 133 cm³/mol. The molecule has 0 aromatic heterocycles. The average Bonchev–Trinajstić information content (AvgIpc) is 2.80. The van der Waals surface area contributed by atoms with Crippen LogP contribution >= 0.6 is 35.0 Å². The van der Waals surface area contributed by atoms with E-state index in [0.717, 1.165) is 4.90 Å². The van der Waals surface area contributed by atoms with E-state index in [0.29, 0.717) is 22.8 Å². The van der Waals surface area contributed by atoms with E-state index in [1.165, 1.54) is 36.0 Å². The summed E-state index contributed by atoms with van der Waals surface area (Å²) in [5.41, 5.74) is 0.950. The Labute approximate surface area is 204 Å². The number of halogens is 2. The molecule has 33 heavy (non-hydrogen) atoms. The van der Waals surface area contributed by atoms with Crippen LogP contribution in [0.2, 0.25) is 10.0 Å². The quantitative estimate of drug-likeness (QED) is 0.203. The van der Waals surface area contributed by atoms with Crippen LogP contribution in [0.25, 0.3) is 0 Å². The fraction of sp³-hybridized carbons (Fsp3) is 0.130. The van der Waals surface area contributed by atoms with Crippen molar-refractivity contribution in [2.24, 2.45) is 0 Å². The van der Waals surface area contributed by atoms with E-state index < -0.39 is 16.1 Å². The highest BCUT2D eigenvalue weighted by Crippen LogP contribution is 2.32. The van der Waals surface area contributed by atoms with Gasteiger partial charge in [0.15, 0.2) is 0 Å². The van der Waals surface area contributed by atoms with Gasteiger partial charge in [0.25, 0.3) is 11.6 Å². The number of hydrogen-bond acceptors (Lipinski definition) is 5. The summed E-state index contributed by atoms with van der Waals surface area (Å²) in [6.45, 7) is 1.89. The number of rotatable bonds is 8. The SMILES string of the molecule is CCC(Sc1cccc(NC(=O)c2cccc([N+](=O)[O-])c2)c1)C(=O)Nc1cccc(Cl)c1Cl. The second-order valence-corrected chi connectivity index (χ2v) is 8.96. The van der Waals surface area contributed by atoms with Crippen molar-refractivity contribution < 1.29 is 14.5 Å². The Morgan fingerprint density at radius 2 is 1.76 bits per heavy atom. The Balaban J connectivity index is 1.69. The molecule has 1 atom stereocenters. The summed E-state index contributed by atoms with van der Waals surface area (Å²) in [7, 11) is 0. The molecular weight excluding hydrogens is 485 g/mol. The minimum absolute atomic E-state index is 0.163. The van der Waals surface area contributed by atoms with Crippen LogP contribution in [0.4, 0.5) is 17.1 Å². The molecule has 10 heteroatoms. The molecule has 0 spiro atoms. The van der Waals surface area contributed by atoms with Gasteiger partial charge in [-0.3, -0.25) is 19.7 Å². The van der Waals surface area contributed by atoms with Gasteiger partial charge in [0, 0.05) is 28.3 Å². The molecule has 170 valence electrons. The monoisotopic (exact) mass is 503 g/mol. The van der Waals surface area contributed by atoms with Crippen molar-refractivity contribution in [1.82, 2.24) is 0 Å². The lowest BCUT2D eigenvalue weighted by atomic mass is 10.2. The van der Waals surface area contributed by atoms with Crippen molar-refractivity contribution in [3.05, 3.63) is 92.5 Å². The van der Waals surface area contributed by atoms with Crippen LogP contribution < -0.4 is 10.6 Å². The number of carbonyl (C=O) groups is 2. The zero-order valence-electron chi connectivity index (χ0n) is 17.4. The van der Waals surface area contributed by atoms with Gasteiger partial charge in [-0.25, -0.2) is 0 Å². The van der Waals surface area contributed by atoms with Gasteiger partial charge in [0.2, 0.25) is 5.91 Å². The predicted octanol–water partition coefficient (Wildman–Crippen LogP) is 6.66. The van der Waals surface area contributed by atoms with Crippen molar-refractivity contribution in [2.75, 3.05) is 10.6 Å². The Morgan fingerprint density at radius 3 is 2.48 bits per heavy atom. The number of nitrogens with zero attached hydrogens (tertiary/aromatic N) is 1. The number of benzene rings is 3. The van der Waals surface area contributed by atoms with Crippen molar-refractivity contribution in [1.29, 1.82) is 0 Å². The number of anilines is 2. The summed E-state index contributed by atoms with van der Waals surface area (Å²) in [5.74, 6) is -0.695. The summed E-state index contributed by atoms with van der Waals surface area (Å²) in [4.78, 5) is 36.5. The maximum Gasteiger partial charge on any atom is 0.270 e. The summed E-state index contributed by atoms with van der Waals surface area (Å²) >= 11 is 13.5. The van der Waals surface area contributed by atoms with Crippen LogP contribution in [0, 0.1) is 10.1 Å². The molecule has 0 aliphatic heterocycles. The van der Waals surface area contributed by atoms with Crippen LogP contribution in [0.15, 0.2) is 71.6 Å². The smallest absolute Gasteiger partial charge is 0.270 e. The van der Waals surface area contributed by atoms with E-state index >= 15 is 0 Å². The molecule has 1 unspecified atom stereocenters. The summed E-state index contributed by atoms with van der Waals surface area (Å²) in [6, 6.07) is 17.5. The number of hydrogen-bond donors (Lipinski definition) is 2. The van der Waals surface area contributed by atoms with Gasteiger partial charge in [-0.1, -0.05) is 48.3 Å². The minimum Gasteiger partial charge on any atom is -0.324 e. The number of non-ortho nitro benzene ring substituents is 1. The van der Waals surface area contributed by atoms with Crippen molar-refractivity contribution >= 4 is 63.8 Å². The second kappa shape index (κ2) is 11.2. The molecule has 0 radical (unpaired) electrons. The topological polar surface area (TPSA) is 101 Å². The Morgan fingerprint density at radius 1 is 1.03 bits per heavy atom. The van der Waals surface area contributed by atoms with Gasteiger partial charge in [-0.15, -0.1) is 11.8 Å². The average molecular weight is 504 g/mol. The van der Waals surface area contributed by atoms with Crippen LogP contribution in [-0.4, -0.2) is 22.0 Å². The molecule has 0 bridgehead atoms. The standard InChI is InChI=1S/C23H19Cl2N3O4S/c1-2-20(23(30)27-19-11-5-10-18(24)21(19)25)33-17-9-4-7-15(13-17)26-22(29)14-6-3-8-16(12-14)28(31)32/h3-13,20H,2H2,1H3,(H,26,29)(H,27,30). The highest BCUT2D eigenvalue weighted by atomic mass is 35.5. The summed E-state index contributed by atoms with van der Waals surface area (Å²) in [6.07, 6.45) is 0.555. The Kier molecular flexibility index (Phi) is 8.32. The highest BCUT2D eigenvalue weighted by molar-refractivity contribution is 8.00. The second-order valence-electron chi connectivity index (χ2n) is 6.89. The van der Waals surface area contributed by atoms with Crippen molar-refractivity contribution in [3.8, 4) is 0 Å². The minimum atomic E-state index is -0.555. The fourth-order valence-electron chi connectivity index (χ4n) is 2.91. The normalized spacial score (nSPS) is 11.5. The molecule has 3 aromatic carbocycles. The molecule has 2 N–H and O–H groups in total. The van der Waals surface area contributed by atoms with E-state index in [2.05, 4.69) is 10.6 Å². The number of thioether (sulfide) groups is 1. The van der Waals surface area contributed by atoms with Gasteiger partial charge in [0.1, 0.15) is 0 Å². The summed E-state index contributed by atoms with van der Waals surface area (Å²) < 4.78 is 0. The first-order valence-corrected chi connectivity index (χ1v) is 11.5. The van der Waals surface area contributed by atoms with Gasteiger partial charge >= 0.3 is 0 Å². The van der Waals surface area contributed by atoms with E-state index in [1.54, 1.807) is 36.4 Å². The first kappa shape index (κ1) is 24.6. The first-order valence-electron chi connectivity index (χ1n) is 9.86. The molecule has 0 saturated heterocycles. The number of nitro benzene ring substituents is 1. The molecule has 0 fully saturated rings. The lowest BCUT2D eigenvalue weighted by Crippen LogP contribution is -2.24. The third-order valence-electron chi connectivity index (χ3n) is 4.56. The Bertz CT molecular complexity index is 1210. The lowest BCUT2D eigenvalue weighted by molar-refractivity contribution is -0.384. The highest BCUT2D eigenvalue weighted by Gasteiger charge is 2.20. The van der Waals surface area contributed by atoms with Gasteiger partial charge in [-0.05, 0) is 42.8 Å². The van der Waals surface area contributed by atoms with Gasteiger partial charge in [-0.2, -0.15) is 0 Å². The molecule has 3 rings (SSSR count). The van der Waals surface area contributed by atoms with Crippen LogP contribution in [0.3, 0.4) is 0 Å². The van der Waals surface area contributed by atoms with Crippen molar-refractivity contribution in [2.45, 2.75) is 23.5 Å². The number of amides is 2. The third-order valence-corrected chi connectivity index (χ3v) is 6.74. The zero-order chi connectivity index (χ0) is 24.0. The molecule has 0 aliphatic rings. The number of nitro groups is 1. The van der Waals surface area contributed by atoms with Crippen molar-refractivity contribution in [3.63, 3.8) is 0 Å². The van der Waals surface area contributed by atoms with Crippen LogP contribution in [-0.2, 0) is 4.79 Å². The molecule has 3 aromatic rings. The largest absolute Gasteiger partial charge is 0.324 e. The maximum absolute atomic E-state index is 12.8. The lowest BCUT2D eigenvalue weighted by Gasteiger charge is -2.16. The van der Waals surface area contributed by atoms with Crippen LogP contribution in [0.5, 0.6) is 0 Å². The van der Waals surface area contributed by atoms with E-state index in [9.17, 15) is 19.7 Å². The molecule has 0 heterocycles. The Hall–Kier alpha value is -3.07. The molecule has 2 amide bonds. The van der Waals surface area contributed by atoms with Gasteiger partial charge < -0.3 is 10.6 Å². The molecule has 7 nitrogen and oxygen atoms in total. The van der Waals surface area contributed by atoms with E-state index in [-0.39, 0.29) is 22.2 Å². The third kappa shape index (κ3) is 6.47. The zero-order valence-corrected chi connectivity index (χ0v) is 19.7.